The number of hydrogen-bond acceptors (Lipinski definition) is 1. The molecule has 0 radical (unpaired) electrons. The summed E-state index contributed by atoms with van der Waals surface area (Å²) in [4.78, 5) is 0. The third kappa shape index (κ3) is 4.53. The molecule has 1 aromatic rings. The van der Waals surface area contributed by atoms with Crippen molar-refractivity contribution in [2.75, 3.05) is 0 Å². The van der Waals surface area contributed by atoms with Crippen molar-refractivity contribution in [3.8, 4) is 0 Å². The van der Waals surface area contributed by atoms with Crippen molar-refractivity contribution in [2.24, 2.45) is 23.0 Å². The Bertz CT molecular complexity index is 473. The summed E-state index contributed by atoms with van der Waals surface area (Å²) in [6, 6.07) is 5.41. The van der Waals surface area contributed by atoms with Gasteiger partial charge >= 0.3 is 0 Å². The number of benzene rings is 1. The molecular formula is C18H27BrFN. The molecule has 0 aromatic heterocycles. The molecule has 21 heavy (non-hydrogen) atoms. The summed E-state index contributed by atoms with van der Waals surface area (Å²) < 4.78 is 13.8. The predicted octanol–water partition coefficient (Wildman–Crippen LogP) is 5.31. The molecule has 0 aliphatic heterocycles. The predicted molar refractivity (Wildman–Crippen MR) is 90.7 cm³/mol. The van der Waals surface area contributed by atoms with Crippen LogP contribution in [-0.4, -0.2) is 6.04 Å². The maximum Gasteiger partial charge on any atom is 0.137 e. The van der Waals surface area contributed by atoms with Crippen LogP contribution in [0.25, 0.3) is 0 Å². The van der Waals surface area contributed by atoms with Crippen molar-refractivity contribution >= 4 is 15.9 Å². The largest absolute Gasteiger partial charge is 0.327 e. The van der Waals surface area contributed by atoms with Gasteiger partial charge in [0.2, 0.25) is 0 Å². The van der Waals surface area contributed by atoms with Crippen molar-refractivity contribution in [1.29, 1.82) is 0 Å². The Balaban J connectivity index is 1.90. The molecule has 1 fully saturated rings. The molecular weight excluding hydrogens is 329 g/mol. The molecule has 2 N–H and O–H groups in total. The lowest BCUT2D eigenvalue weighted by Crippen LogP contribution is -2.36. The molecule has 1 saturated carbocycles. The average molecular weight is 356 g/mol. The van der Waals surface area contributed by atoms with Crippen LogP contribution in [0.5, 0.6) is 0 Å². The summed E-state index contributed by atoms with van der Waals surface area (Å²) in [5.41, 5.74) is 7.95. The van der Waals surface area contributed by atoms with Gasteiger partial charge in [-0.3, -0.25) is 0 Å². The first-order chi connectivity index (χ1) is 9.77. The van der Waals surface area contributed by atoms with Crippen molar-refractivity contribution in [1.82, 2.24) is 0 Å². The van der Waals surface area contributed by atoms with E-state index in [1.54, 1.807) is 0 Å². The monoisotopic (exact) mass is 355 g/mol. The number of hydrogen-bond donors (Lipinski definition) is 1. The molecule has 2 rings (SSSR count). The van der Waals surface area contributed by atoms with Gasteiger partial charge < -0.3 is 5.73 Å². The zero-order chi connectivity index (χ0) is 15.6. The number of rotatable bonds is 3. The van der Waals surface area contributed by atoms with Crippen LogP contribution in [0.15, 0.2) is 22.7 Å². The molecule has 0 saturated heterocycles. The second kappa shape index (κ2) is 6.78. The molecule has 0 spiro atoms. The standard InChI is InChI=1S/C18H27BrFN/c1-18(2,3)14-7-5-13(6-8-14)17(21)11-12-4-9-16(20)15(19)10-12/h4,9-10,13-14,17H,5-8,11,21H2,1-3H3. The minimum Gasteiger partial charge on any atom is -0.327 e. The summed E-state index contributed by atoms with van der Waals surface area (Å²) in [7, 11) is 0. The highest BCUT2D eigenvalue weighted by molar-refractivity contribution is 9.10. The van der Waals surface area contributed by atoms with Crippen LogP contribution >= 0.6 is 15.9 Å². The van der Waals surface area contributed by atoms with Crippen molar-refractivity contribution in [3.05, 3.63) is 34.1 Å². The lowest BCUT2D eigenvalue weighted by Gasteiger charge is -2.38. The summed E-state index contributed by atoms with van der Waals surface area (Å²) in [5.74, 6) is 1.21. The van der Waals surface area contributed by atoms with Crippen molar-refractivity contribution in [2.45, 2.75) is 58.9 Å². The molecule has 1 unspecified atom stereocenters. The Hall–Kier alpha value is -0.410. The van der Waals surface area contributed by atoms with Crippen LogP contribution in [0, 0.1) is 23.1 Å². The fourth-order valence-corrected chi connectivity index (χ4v) is 3.95. The Morgan fingerprint density at radius 2 is 1.86 bits per heavy atom. The molecule has 1 atom stereocenters. The maximum absolute atomic E-state index is 13.3. The van der Waals surface area contributed by atoms with E-state index in [0.717, 1.165) is 17.9 Å². The van der Waals surface area contributed by atoms with Gasteiger partial charge in [-0.15, -0.1) is 0 Å². The van der Waals surface area contributed by atoms with Gasteiger partial charge in [0.25, 0.3) is 0 Å². The molecule has 3 heteroatoms. The van der Waals surface area contributed by atoms with Crippen LogP contribution in [0.4, 0.5) is 4.39 Å². The van der Waals surface area contributed by atoms with Crippen molar-refractivity contribution < 1.29 is 4.39 Å². The van der Waals surface area contributed by atoms with E-state index in [1.165, 1.54) is 31.7 Å². The highest BCUT2D eigenvalue weighted by Crippen LogP contribution is 2.40. The quantitative estimate of drug-likeness (QED) is 0.780. The third-order valence-corrected chi connectivity index (χ3v) is 5.67. The van der Waals surface area contributed by atoms with E-state index < -0.39 is 0 Å². The van der Waals surface area contributed by atoms with Crippen LogP contribution < -0.4 is 5.73 Å². The lowest BCUT2D eigenvalue weighted by molar-refractivity contribution is 0.139. The fourth-order valence-electron chi connectivity index (χ4n) is 3.52. The van der Waals surface area contributed by atoms with Gasteiger partial charge in [-0.05, 0) is 83.0 Å². The van der Waals surface area contributed by atoms with E-state index >= 15 is 0 Å². The SMILES string of the molecule is CC(C)(C)C1CCC(C(N)Cc2ccc(F)c(Br)c2)CC1. The maximum atomic E-state index is 13.3. The van der Waals surface area contributed by atoms with Gasteiger partial charge in [-0.2, -0.15) is 0 Å². The number of halogens is 2. The summed E-state index contributed by atoms with van der Waals surface area (Å²) >= 11 is 3.25. The van der Waals surface area contributed by atoms with Gasteiger partial charge in [-0.1, -0.05) is 26.8 Å². The first-order valence-corrected chi connectivity index (χ1v) is 8.76. The summed E-state index contributed by atoms with van der Waals surface area (Å²) in [6.45, 7) is 7.02. The topological polar surface area (TPSA) is 26.0 Å². The molecule has 1 nitrogen and oxygen atoms in total. The average Bonchev–Trinajstić information content (AvgIpc) is 2.42. The lowest BCUT2D eigenvalue weighted by atomic mass is 9.68. The Morgan fingerprint density at radius 1 is 1.24 bits per heavy atom. The molecule has 1 aliphatic carbocycles. The highest BCUT2D eigenvalue weighted by Gasteiger charge is 2.31. The van der Waals surface area contributed by atoms with E-state index in [-0.39, 0.29) is 11.9 Å². The smallest absolute Gasteiger partial charge is 0.137 e. The van der Waals surface area contributed by atoms with Crippen LogP contribution in [-0.2, 0) is 6.42 Å². The van der Waals surface area contributed by atoms with Gasteiger partial charge in [0.15, 0.2) is 0 Å². The van der Waals surface area contributed by atoms with E-state index in [0.29, 0.717) is 15.8 Å². The highest BCUT2D eigenvalue weighted by atomic mass is 79.9. The van der Waals surface area contributed by atoms with E-state index in [2.05, 4.69) is 36.7 Å². The second-order valence-electron chi connectivity index (χ2n) is 7.59. The van der Waals surface area contributed by atoms with Gasteiger partial charge in [0.1, 0.15) is 5.82 Å². The zero-order valence-electron chi connectivity index (χ0n) is 13.3. The normalized spacial score (nSPS) is 24.9. The zero-order valence-corrected chi connectivity index (χ0v) is 14.9. The first kappa shape index (κ1) is 17.0. The molecule has 0 amide bonds. The minimum absolute atomic E-state index is 0.184. The van der Waals surface area contributed by atoms with Gasteiger partial charge in [0.05, 0.1) is 4.47 Å². The molecule has 118 valence electrons. The molecule has 0 heterocycles. The van der Waals surface area contributed by atoms with E-state index in [1.807, 2.05) is 12.1 Å². The van der Waals surface area contributed by atoms with Gasteiger partial charge in [-0.25, -0.2) is 4.39 Å². The summed E-state index contributed by atoms with van der Waals surface area (Å²) in [6.07, 6.45) is 5.87. The summed E-state index contributed by atoms with van der Waals surface area (Å²) in [5, 5.41) is 0. The van der Waals surface area contributed by atoms with Gasteiger partial charge in [0, 0.05) is 6.04 Å². The molecule has 0 bridgehead atoms. The van der Waals surface area contributed by atoms with E-state index in [9.17, 15) is 4.39 Å². The fraction of sp³-hybridized carbons (Fsp3) is 0.667. The number of nitrogens with two attached hydrogens (primary N) is 1. The molecule has 1 aromatic carbocycles. The molecule has 1 aliphatic rings. The first-order valence-electron chi connectivity index (χ1n) is 7.97. The van der Waals surface area contributed by atoms with Crippen LogP contribution in [0.3, 0.4) is 0 Å². The van der Waals surface area contributed by atoms with Crippen LogP contribution in [0.1, 0.15) is 52.0 Å². The Morgan fingerprint density at radius 3 is 2.38 bits per heavy atom. The van der Waals surface area contributed by atoms with Crippen molar-refractivity contribution in [3.63, 3.8) is 0 Å². The van der Waals surface area contributed by atoms with Crippen LogP contribution in [0.2, 0.25) is 0 Å². The third-order valence-electron chi connectivity index (χ3n) is 5.06. The van der Waals surface area contributed by atoms with E-state index in [4.69, 9.17) is 5.73 Å². The Labute approximate surface area is 136 Å². The minimum atomic E-state index is -0.210. The second-order valence-corrected chi connectivity index (χ2v) is 8.45. The Kier molecular flexibility index (Phi) is 5.48.